The molecule has 21 heavy (non-hydrogen) atoms. The van der Waals surface area contributed by atoms with E-state index in [1.165, 1.54) is 7.11 Å². The molecule has 0 saturated carbocycles. The second kappa shape index (κ2) is 8.79. The highest BCUT2D eigenvalue weighted by molar-refractivity contribution is 9.10. The zero-order valence-electron chi connectivity index (χ0n) is 12.5. The van der Waals surface area contributed by atoms with Crippen LogP contribution in [0.15, 0.2) is 22.7 Å². The molecule has 0 spiro atoms. The lowest BCUT2D eigenvalue weighted by Gasteiger charge is -2.23. The van der Waals surface area contributed by atoms with Gasteiger partial charge in [0, 0.05) is 30.2 Å². The first kappa shape index (κ1) is 17.7. The predicted molar refractivity (Wildman–Crippen MR) is 83.3 cm³/mol. The number of halogens is 1. The summed E-state index contributed by atoms with van der Waals surface area (Å²) in [4.78, 5) is 25.5. The van der Waals surface area contributed by atoms with Crippen molar-refractivity contribution in [3.63, 3.8) is 0 Å². The monoisotopic (exact) mass is 357 g/mol. The Morgan fingerprint density at radius 2 is 1.95 bits per heavy atom. The molecule has 1 rings (SSSR count). The first-order valence-corrected chi connectivity index (χ1v) is 7.40. The molecule has 0 saturated heterocycles. The Balaban J connectivity index is 2.87. The van der Waals surface area contributed by atoms with E-state index in [0.717, 1.165) is 10.0 Å². The van der Waals surface area contributed by atoms with E-state index in [1.54, 1.807) is 18.1 Å². The van der Waals surface area contributed by atoms with Gasteiger partial charge in [-0.2, -0.15) is 0 Å². The van der Waals surface area contributed by atoms with Crippen molar-refractivity contribution in [3.8, 4) is 0 Å². The van der Waals surface area contributed by atoms with E-state index in [1.807, 2.05) is 19.1 Å². The number of hydrogen-bond donors (Lipinski definition) is 0. The molecule has 0 N–H and O–H groups in total. The van der Waals surface area contributed by atoms with Gasteiger partial charge in [-0.15, -0.1) is 0 Å². The van der Waals surface area contributed by atoms with Crippen LogP contribution in [0, 0.1) is 6.92 Å². The third-order valence-electron chi connectivity index (χ3n) is 3.10. The number of methoxy groups -OCH3 is 2. The molecular weight excluding hydrogens is 338 g/mol. The molecule has 1 amide bonds. The molecule has 0 atom stereocenters. The Bertz CT molecular complexity index is 504. The minimum atomic E-state index is -0.337. The third kappa shape index (κ3) is 5.47. The van der Waals surface area contributed by atoms with Crippen LogP contribution in [0.2, 0.25) is 0 Å². The van der Waals surface area contributed by atoms with Gasteiger partial charge in [-0.1, -0.05) is 22.0 Å². The maximum atomic E-state index is 12.6. The van der Waals surface area contributed by atoms with Crippen LogP contribution in [0.4, 0.5) is 0 Å². The Kier molecular flexibility index (Phi) is 7.39. The van der Waals surface area contributed by atoms with Crippen molar-refractivity contribution in [1.29, 1.82) is 0 Å². The van der Waals surface area contributed by atoms with Crippen LogP contribution >= 0.6 is 15.9 Å². The molecule has 0 aliphatic heterocycles. The minimum Gasteiger partial charge on any atom is -0.469 e. The number of carbonyl (C=O) groups excluding carboxylic acids is 2. The van der Waals surface area contributed by atoms with Crippen molar-refractivity contribution in [1.82, 2.24) is 4.90 Å². The van der Waals surface area contributed by atoms with Gasteiger partial charge < -0.3 is 14.4 Å². The molecule has 5 nitrogen and oxygen atoms in total. The quantitative estimate of drug-likeness (QED) is 0.703. The molecule has 1 aromatic rings. The summed E-state index contributed by atoms with van der Waals surface area (Å²) >= 11 is 3.37. The molecule has 0 unspecified atom stereocenters. The minimum absolute atomic E-state index is 0.116. The van der Waals surface area contributed by atoms with Crippen LogP contribution in [0.1, 0.15) is 22.3 Å². The third-order valence-corrected chi connectivity index (χ3v) is 3.59. The van der Waals surface area contributed by atoms with Crippen molar-refractivity contribution in [2.75, 3.05) is 33.9 Å². The summed E-state index contributed by atoms with van der Waals surface area (Å²) in [5.41, 5.74) is 1.51. The fourth-order valence-electron chi connectivity index (χ4n) is 1.84. The molecule has 0 aromatic heterocycles. The SMILES string of the molecule is COCCN(CCC(=O)OC)C(=O)c1cc(Br)ccc1C. The Morgan fingerprint density at radius 3 is 2.57 bits per heavy atom. The number of ether oxygens (including phenoxy) is 2. The fraction of sp³-hybridized carbons (Fsp3) is 0.467. The highest BCUT2D eigenvalue weighted by Gasteiger charge is 2.19. The van der Waals surface area contributed by atoms with Crippen molar-refractivity contribution < 1.29 is 19.1 Å². The fourth-order valence-corrected chi connectivity index (χ4v) is 2.20. The summed E-state index contributed by atoms with van der Waals surface area (Å²) < 4.78 is 10.5. The summed E-state index contributed by atoms with van der Waals surface area (Å²) in [5.74, 6) is -0.453. The zero-order valence-corrected chi connectivity index (χ0v) is 14.1. The first-order chi connectivity index (χ1) is 9.99. The number of amides is 1. The van der Waals surface area contributed by atoms with Crippen LogP contribution in [0.25, 0.3) is 0 Å². The molecule has 0 bridgehead atoms. The van der Waals surface area contributed by atoms with Gasteiger partial charge in [0.25, 0.3) is 5.91 Å². The van der Waals surface area contributed by atoms with E-state index >= 15 is 0 Å². The number of aryl methyl sites for hydroxylation is 1. The predicted octanol–water partition coefficient (Wildman–Crippen LogP) is 2.41. The molecular formula is C15H20BrNO4. The molecule has 0 radical (unpaired) electrons. The molecule has 116 valence electrons. The van der Waals surface area contributed by atoms with Crippen molar-refractivity contribution in [2.24, 2.45) is 0 Å². The van der Waals surface area contributed by atoms with Gasteiger partial charge in [-0.3, -0.25) is 9.59 Å². The standard InChI is InChI=1S/C15H20BrNO4/c1-11-4-5-12(16)10-13(11)15(19)17(8-9-20-2)7-6-14(18)21-3/h4-5,10H,6-9H2,1-3H3. The lowest BCUT2D eigenvalue weighted by molar-refractivity contribution is -0.140. The maximum Gasteiger partial charge on any atom is 0.307 e. The van der Waals surface area contributed by atoms with Crippen LogP contribution in [0.5, 0.6) is 0 Å². The molecule has 0 aliphatic carbocycles. The van der Waals surface area contributed by atoms with Crippen molar-refractivity contribution in [2.45, 2.75) is 13.3 Å². The van der Waals surface area contributed by atoms with Crippen LogP contribution in [-0.4, -0.2) is 50.7 Å². The number of rotatable bonds is 7. The average Bonchev–Trinajstić information content (AvgIpc) is 2.48. The topological polar surface area (TPSA) is 55.8 Å². The summed E-state index contributed by atoms with van der Waals surface area (Å²) in [6, 6.07) is 5.56. The molecule has 0 heterocycles. The Morgan fingerprint density at radius 1 is 1.24 bits per heavy atom. The molecule has 1 aromatic carbocycles. The number of esters is 1. The first-order valence-electron chi connectivity index (χ1n) is 6.60. The zero-order chi connectivity index (χ0) is 15.8. The summed E-state index contributed by atoms with van der Waals surface area (Å²) in [5, 5.41) is 0. The van der Waals surface area contributed by atoms with Crippen LogP contribution in [0.3, 0.4) is 0 Å². The number of nitrogens with zero attached hydrogens (tertiary/aromatic N) is 1. The Hall–Kier alpha value is -1.40. The van der Waals surface area contributed by atoms with Gasteiger partial charge in [-0.25, -0.2) is 0 Å². The maximum absolute atomic E-state index is 12.6. The van der Waals surface area contributed by atoms with Crippen LogP contribution in [-0.2, 0) is 14.3 Å². The summed E-state index contributed by atoms with van der Waals surface area (Å²) in [6.45, 7) is 3.04. The number of hydrogen-bond acceptors (Lipinski definition) is 4. The van der Waals surface area contributed by atoms with E-state index in [0.29, 0.717) is 25.3 Å². The van der Waals surface area contributed by atoms with Gasteiger partial charge in [0.05, 0.1) is 20.1 Å². The summed E-state index contributed by atoms with van der Waals surface area (Å²) in [6.07, 6.45) is 0.166. The van der Waals surface area contributed by atoms with E-state index < -0.39 is 0 Å². The smallest absolute Gasteiger partial charge is 0.307 e. The second-order valence-corrected chi connectivity index (χ2v) is 5.49. The number of benzene rings is 1. The highest BCUT2D eigenvalue weighted by Crippen LogP contribution is 2.18. The van der Waals surface area contributed by atoms with Gasteiger partial charge >= 0.3 is 5.97 Å². The van der Waals surface area contributed by atoms with Gasteiger partial charge in [0.2, 0.25) is 0 Å². The summed E-state index contributed by atoms with van der Waals surface area (Å²) in [7, 11) is 2.91. The van der Waals surface area contributed by atoms with Gasteiger partial charge in [0.15, 0.2) is 0 Å². The van der Waals surface area contributed by atoms with Gasteiger partial charge in [0.1, 0.15) is 0 Å². The second-order valence-electron chi connectivity index (χ2n) is 4.57. The molecule has 6 heteroatoms. The van der Waals surface area contributed by atoms with Crippen molar-refractivity contribution >= 4 is 27.8 Å². The molecule has 0 aliphatic rings. The largest absolute Gasteiger partial charge is 0.469 e. The van der Waals surface area contributed by atoms with E-state index in [2.05, 4.69) is 20.7 Å². The van der Waals surface area contributed by atoms with E-state index in [-0.39, 0.29) is 18.3 Å². The van der Waals surface area contributed by atoms with E-state index in [9.17, 15) is 9.59 Å². The van der Waals surface area contributed by atoms with Crippen LogP contribution < -0.4 is 0 Å². The van der Waals surface area contributed by atoms with E-state index in [4.69, 9.17) is 4.74 Å². The average molecular weight is 358 g/mol. The highest BCUT2D eigenvalue weighted by atomic mass is 79.9. The van der Waals surface area contributed by atoms with Crippen molar-refractivity contribution in [3.05, 3.63) is 33.8 Å². The van der Waals surface area contributed by atoms with Gasteiger partial charge in [-0.05, 0) is 24.6 Å². The number of carbonyl (C=O) groups is 2. The lowest BCUT2D eigenvalue weighted by Crippen LogP contribution is -2.36. The Labute approximate surface area is 133 Å². The molecule has 0 fully saturated rings. The normalized spacial score (nSPS) is 10.3. The lowest BCUT2D eigenvalue weighted by atomic mass is 10.1.